The molecule has 1 fully saturated rings. The summed E-state index contributed by atoms with van der Waals surface area (Å²) in [6, 6.07) is 0. The first kappa shape index (κ1) is 13.0. The van der Waals surface area contributed by atoms with Crippen LogP contribution in [0.2, 0.25) is 0 Å². The Morgan fingerprint density at radius 1 is 1.50 bits per heavy atom. The standard InChI is InChI=1S/C11H18N2O3/c1-2-3-13(10-11(14)15)5-4-12-6-8-16-9-7-12/h1H,3-10H2,(H,14,15). The van der Waals surface area contributed by atoms with Gasteiger partial charge in [-0.2, -0.15) is 0 Å². The minimum Gasteiger partial charge on any atom is -0.480 e. The van der Waals surface area contributed by atoms with Crippen molar-refractivity contribution in [3.63, 3.8) is 0 Å². The molecule has 0 amide bonds. The fourth-order valence-electron chi connectivity index (χ4n) is 1.64. The van der Waals surface area contributed by atoms with Gasteiger partial charge in [0, 0.05) is 26.2 Å². The summed E-state index contributed by atoms with van der Waals surface area (Å²) >= 11 is 0. The molecule has 0 aromatic carbocycles. The van der Waals surface area contributed by atoms with Crippen LogP contribution in [0.25, 0.3) is 0 Å². The predicted molar refractivity (Wildman–Crippen MR) is 60.2 cm³/mol. The molecular weight excluding hydrogens is 208 g/mol. The summed E-state index contributed by atoms with van der Waals surface area (Å²) in [6.07, 6.45) is 5.20. The van der Waals surface area contributed by atoms with Gasteiger partial charge in [0.15, 0.2) is 0 Å². The summed E-state index contributed by atoms with van der Waals surface area (Å²) in [6.45, 7) is 5.27. The van der Waals surface area contributed by atoms with Gasteiger partial charge in [-0.25, -0.2) is 0 Å². The first-order valence-electron chi connectivity index (χ1n) is 5.40. The number of terminal acetylenes is 1. The van der Waals surface area contributed by atoms with Crippen LogP contribution in [-0.4, -0.2) is 73.4 Å². The van der Waals surface area contributed by atoms with Crippen molar-refractivity contribution >= 4 is 5.97 Å². The van der Waals surface area contributed by atoms with Crippen LogP contribution in [0.5, 0.6) is 0 Å². The molecule has 5 nitrogen and oxygen atoms in total. The Morgan fingerprint density at radius 2 is 2.19 bits per heavy atom. The molecule has 16 heavy (non-hydrogen) atoms. The van der Waals surface area contributed by atoms with Crippen molar-refractivity contribution in [3.8, 4) is 12.3 Å². The number of rotatable bonds is 6. The Labute approximate surface area is 96.0 Å². The lowest BCUT2D eigenvalue weighted by atomic mass is 10.3. The Kier molecular flexibility index (Phi) is 5.86. The van der Waals surface area contributed by atoms with Gasteiger partial charge in [0.1, 0.15) is 0 Å². The van der Waals surface area contributed by atoms with Gasteiger partial charge < -0.3 is 9.84 Å². The van der Waals surface area contributed by atoms with E-state index in [1.165, 1.54) is 0 Å². The van der Waals surface area contributed by atoms with Gasteiger partial charge in [-0.05, 0) is 0 Å². The van der Waals surface area contributed by atoms with Crippen LogP contribution in [0.1, 0.15) is 0 Å². The van der Waals surface area contributed by atoms with E-state index in [-0.39, 0.29) is 6.54 Å². The van der Waals surface area contributed by atoms with Crippen LogP contribution >= 0.6 is 0 Å². The van der Waals surface area contributed by atoms with Crippen molar-refractivity contribution in [3.05, 3.63) is 0 Å². The number of carbonyl (C=O) groups is 1. The quantitative estimate of drug-likeness (QED) is 0.609. The monoisotopic (exact) mass is 226 g/mol. The third kappa shape index (κ3) is 5.12. The van der Waals surface area contributed by atoms with Crippen LogP contribution in [0.15, 0.2) is 0 Å². The molecule has 0 aromatic heterocycles. The molecule has 0 aliphatic carbocycles. The van der Waals surface area contributed by atoms with E-state index in [1.54, 1.807) is 4.90 Å². The molecule has 0 aromatic rings. The van der Waals surface area contributed by atoms with E-state index in [4.69, 9.17) is 16.3 Å². The van der Waals surface area contributed by atoms with Gasteiger partial charge in [0.05, 0.1) is 26.3 Å². The Balaban J connectivity index is 2.25. The van der Waals surface area contributed by atoms with Gasteiger partial charge in [-0.3, -0.25) is 14.6 Å². The van der Waals surface area contributed by atoms with E-state index in [2.05, 4.69) is 10.8 Å². The second kappa shape index (κ2) is 7.23. The van der Waals surface area contributed by atoms with Crippen LogP contribution in [0, 0.1) is 12.3 Å². The molecule has 0 unspecified atom stereocenters. The third-order valence-electron chi connectivity index (χ3n) is 2.51. The Morgan fingerprint density at radius 3 is 2.75 bits per heavy atom. The normalized spacial score (nSPS) is 17.2. The lowest BCUT2D eigenvalue weighted by molar-refractivity contribution is -0.138. The summed E-state index contributed by atoms with van der Waals surface area (Å²) in [5.74, 6) is 1.64. The highest BCUT2D eigenvalue weighted by molar-refractivity contribution is 5.69. The van der Waals surface area contributed by atoms with E-state index < -0.39 is 5.97 Å². The van der Waals surface area contributed by atoms with Crippen LogP contribution in [0.3, 0.4) is 0 Å². The van der Waals surface area contributed by atoms with Crippen molar-refractivity contribution in [2.45, 2.75) is 0 Å². The zero-order valence-electron chi connectivity index (χ0n) is 9.39. The first-order chi connectivity index (χ1) is 7.72. The number of morpholine rings is 1. The highest BCUT2D eigenvalue weighted by Crippen LogP contribution is 1.97. The molecule has 1 rings (SSSR count). The smallest absolute Gasteiger partial charge is 0.317 e. The molecule has 1 aliphatic heterocycles. The summed E-state index contributed by atoms with van der Waals surface area (Å²) in [5.41, 5.74) is 0. The van der Waals surface area contributed by atoms with E-state index in [1.807, 2.05) is 0 Å². The molecule has 90 valence electrons. The number of ether oxygens (including phenoxy) is 1. The molecular formula is C11H18N2O3. The summed E-state index contributed by atoms with van der Waals surface area (Å²) < 4.78 is 5.24. The number of carboxylic acids is 1. The molecule has 0 atom stereocenters. The second-order valence-corrected chi connectivity index (χ2v) is 3.76. The average Bonchev–Trinajstić information content (AvgIpc) is 2.27. The number of carboxylic acid groups (broad SMARTS) is 1. The molecule has 0 saturated carbocycles. The maximum Gasteiger partial charge on any atom is 0.317 e. The summed E-state index contributed by atoms with van der Waals surface area (Å²) in [7, 11) is 0. The SMILES string of the molecule is C#CCN(CCN1CCOCC1)CC(=O)O. The lowest BCUT2D eigenvalue weighted by Crippen LogP contribution is -2.42. The van der Waals surface area contributed by atoms with Gasteiger partial charge >= 0.3 is 5.97 Å². The molecule has 1 aliphatic rings. The van der Waals surface area contributed by atoms with Gasteiger partial charge in [-0.15, -0.1) is 6.42 Å². The largest absolute Gasteiger partial charge is 0.480 e. The highest BCUT2D eigenvalue weighted by Gasteiger charge is 2.13. The van der Waals surface area contributed by atoms with Crippen molar-refractivity contribution in [1.29, 1.82) is 0 Å². The van der Waals surface area contributed by atoms with Gasteiger partial charge in [0.2, 0.25) is 0 Å². The fraction of sp³-hybridized carbons (Fsp3) is 0.727. The zero-order chi connectivity index (χ0) is 11.8. The zero-order valence-corrected chi connectivity index (χ0v) is 9.39. The topological polar surface area (TPSA) is 53.0 Å². The van der Waals surface area contributed by atoms with Crippen molar-refractivity contribution in [2.24, 2.45) is 0 Å². The molecule has 1 heterocycles. The number of hydrogen-bond acceptors (Lipinski definition) is 4. The third-order valence-corrected chi connectivity index (χ3v) is 2.51. The molecule has 0 radical (unpaired) electrons. The molecule has 1 saturated heterocycles. The van der Waals surface area contributed by atoms with Crippen LogP contribution in [-0.2, 0) is 9.53 Å². The maximum absolute atomic E-state index is 10.6. The van der Waals surface area contributed by atoms with E-state index in [0.717, 1.165) is 32.8 Å². The van der Waals surface area contributed by atoms with E-state index in [0.29, 0.717) is 13.1 Å². The Bertz CT molecular complexity index is 256. The molecule has 5 heteroatoms. The van der Waals surface area contributed by atoms with Gasteiger partial charge in [-0.1, -0.05) is 5.92 Å². The van der Waals surface area contributed by atoms with Crippen molar-refractivity contribution in [1.82, 2.24) is 9.80 Å². The predicted octanol–water partition coefficient (Wildman–Crippen LogP) is -0.662. The summed E-state index contributed by atoms with van der Waals surface area (Å²) in [5, 5.41) is 8.70. The lowest BCUT2D eigenvalue weighted by Gasteiger charge is -2.28. The van der Waals surface area contributed by atoms with Crippen LogP contribution < -0.4 is 0 Å². The highest BCUT2D eigenvalue weighted by atomic mass is 16.5. The number of hydrogen-bond donors (Lipinski definition) is 1. The van der Waals surface area contributed by atoms with E-state index >= 15 is 0 Å². The first-order valence-corrected chi connectivity index (χ1v) is 5.40. The minimum absolute atomic E-state index is 0.00847. The summed E-state index contributed by atoms with van der Waals surface area (Å²) in [4.78, 5) is 14.6. The fourth-order valence-corrected chi connectivity index (χ4v) is 1.64. The van der Waals surface area contributed by atoms with Crippen molar-refractivity contribution < 1.29 is 14.6 Å². The minimum atomic E-state index is -0.836. The molecule has 1 N–H and O–H groups in total. The second-order valence-electron chi connectivity index (χ2n) is 3.76. The van der Waals surface area contributed by atoms with Crippen molar-refractivity contribution in [2.75, 3.05) is 52.5 Å². The maximum atomic E-state index is 10.6. The average molecular weight is 226 g/mol. The Hall–Kier alpha value is -1.09. The molecule has 0 spiro atoms. The van der Waals surface area contributed by atoms with E-state index in [9.17, 15) is 4.79 Å². The number of nitrogens with zero attached hydrogens (tertiary/aromatic N) is 2. The molecule has 0 bridgehead atoms. The van der Waals surface area contributed by atoms with Crippen LogP contribution in [0.4, 0.5) is 0 Å². The van der Waals surface area contributed by atoms with Gasteiger partial charge in [0.25, 0.3) is 0 Å². The number of aliphatic carboxylic acids is 1.